The fourth-order valence-electron chi connectivity index (χ4n) is 3.01. The lowest BCUT2D eigenvalue weighted by atomic mass is 9.98. The molecule has 2 aliphatic rings. The maximum absolute atomic E-state index is 12.2. The molecule has 2 atom stereocenters. The van der Waals surface area contributed by atoms with E-state index < -0.39 is 28.0 Å². The Morgan fingerprint density at radius 1 is 1.45 bits per heavy atom. The highest BCUT2D eigenvalue weighted by Gasteiger charge is 2.49. The standard InChI is InChI=1S/C14H21N3O4S.C2HF3O2/c1-16(2)22(18,19)17-7-5-14(11-17)8-13(10-20-14)21-12-4-3-6-15-9-12;3-2(4,5)1(6)7/h3-4,6,9,13H,5,7-8,10-11H2,1-2H3;(H,6,7)/t13-,14+;/m1./s1. The first-order chi connectivity index (χ1) is 13.4. The summed E-state index contributed by atoms with van der Waals surface area (Å²) >= 11 is 0. The summed E-state index contributed by atoms with van der Waals surface area (Å²) in [7, 11) is -0.289. The Balaban J connectivity index is 0.000000370. The van der Waals surface area contributed by atoms with E-state index in [-0.39, 0.29) is 6.10 Å². The van der Waals surface area contributed by atoms with Crippen molar-refractivity contribution in [3.8, 4) is 5.75 Å². The van der Waals surface area contributed by atoms with Gasteiger partial charge in [-0.2, -0.15) is 30.2 Å². The molecule has 2 saturated heterocycles. The van der Waals surface area contributed by atoms with E-state index in [0.717, 1.165) is 0 Å². The maximum Gasteiger partial charge on any atom is 0.490 e. The van der Waals surface area contributed by atoms with Gasteiger partial charge in [-0.25, -0.2) is 4.79 Å². The van der Waals surface area contributed by atoms with Crippen molar-refractivity contribution in [1.82, 2.24) is 13.6 Å². The van der Waals surface area contributed by atoms with Crippen LogP contribution in [0.1, 0.15) is 12.8 Å². The number of carboxylic acid groups (broad SMARTS) is 1. The number of halogens is 3. The van der Waals surface area contributed by atoms with E-state index in [1.807, 2.05) is 12.1 Å². The topological polar surface area (TPSA) is 109 Å². The van der Waals surface area contributed by atoms with Gasteiger partial charge in [0.2, 0.25) is 0 Å². The predicted molar refractivity (Wildman–Crippen MR) is 94.4 cm³/mol. The van der Waals surface area contributed by atoms with Crippen LogP contribution in [0.3, 0.4) is 0 Å². The number of hydrogen-bond donors (Lipinski definition) is 1. The summed E-state index contributed by atoms with van der Waals surface area (Å²) in [5.41, 5.74) is -0.421. The quantitative estimate of drug-likeness (QED) is 0.746. The summed E-state index contributed by atoms with van der Waals surface area (Å²) in [6.45, 7) is 1.35. The molecule has 1 aromatic heterocycles. The zero-order valence-corrected chi connectivity index (χ0v) is 16.6. The molecule has 0 aromatic carbocycles. The minimum atomic E-state index is -5.08. The van der Waals surface area contributed by atoms with Crippen molar-refractivity contribution in [2.75, 3.05) is 33.8 Å². The molecular weight excluding hydrogens is 419 g/mol. The van der Waals surface area contributed by atoms with Gasteiger partial charge in [-0.05, 0) is 18.6 Å². The second-order valence-corrected chi connectivity index (χ2v) is 8.95. The Morgan fingerprint density at radius 3 is 2.62 bits per heavy atom. The van der Waals surface area contributed by atoms with Gasteiger partial charge in [-0.3, -0.25) is 4.98 Å². The van der Waals surface area contributed by atoms with Crippen molar-refractivity contribution in [2.24, 2.45) is 0 Å². The first-order valence-electron chi connectivity index (χ1n) is 8.54. The Hall–Kier alpha value is -1.96. The van der Waals surface area contributed by atoms with Crippen LogP contribution in [0, 0.1) is 0 Å². The molecule has 1 spiro atoms. The molecule has 0 bridgehead atoms. The van der Waals surface area contributed by atoms with E-state index in [9.17, 15) is 21.6 Å². The first kappa shape index (κ1) is 23.3. The molecule has 164 valence electrons. The van der Waals surface area contributed by atoms with Gasteiger partial charge in [0.05, 0.1) is 18.4 Å². The van der Waals surface area contributed by atoms with E-state index >= 15 is 0 Å². The molecule has 1 aromatic rings. The number of alkyl halides is 3. The number of aromatic nitrogens is 1. The molecule has 2 fully saturated rings. The summed E-state index contributed by atoms with van der Waals surface area (Å²) in [5, 5.41) is 7.12. The molecule has 3 rings (SSSR count). The second-order valence-electron chi connectivity index (χ2n) is 6.80. The summed E-state index contributed by atoms with van der Waals surface area (Å²) in [6.07, 6.45) is -0.386. The highest BCUT2D eigenvalue weighted by atomic mass is 32.2. The number of pyridine rings is 1. The molecule has 1 N–H and O–H groups in total. The normalized spacial score (nSPS) is 25.1. The van der Waals surface area contributed by atoms with Crippen molar-refractivity contribution < 1.29 is 41.0 Å². The third-order valence-corrected chi connectivity index (χ3v) is 6.31. The van der Waals surface area contributed by atoms with Gasteiger partial charge >= 0.3 is 12.1 Å². The minimum Gasteiger partial charge on any atom is -0.486 e. The highest BCUT2D eigenvalue weighted by molar-refractivity contribution is 7.86. The summed E-state index contributed by atoms with van der Waals surface area (Å²) in [5.74, 6) is -2.04. The van der Waals surface area contributed by atoms with Crippen molar-refractivity contribution in [3.05, 3.63) is 24.5 Å². The van der Waals surface area contributed by atoms with Crippen LogP contribution in [0.4, 0.5) is 13.2 Å². The van der Waals surface area contributed by atoms with Crippen molar-refractivity contribution in [2.45, 2.75) is 30.7 Å². The number of ether oxygens (including phenoxy) is 2. The molecule has 3 heterocycles. The van der Waals surface area contributed by atoms with Crippen LogP contribution in [0.5, 0.6) is 5.75 Å². The van der Waals surface area contributed by atoms with Crippen molar-refractivity contribution >= 4 is 16.2 Å². The van der Waals surface area contributed by atoms with E-state index in [4.69, 9.17) is 19.4 Å². The zero-order chi connectivity index (χ0) is 21.9. The van der Waals surface area contributed by atoms with Crippen LogP contribution in [0.2, 0.25) is 0 Å². The number of hydrogen-bond acceptors (Lipinski definition) is 6. The number of aliphatic carboxylic acids is 1. The Kier molecular flexibility index (Phi) is 7.09. The molecule has 0 radical (unpaired) electrons. The Bertz CT molecular complexity index is 806. The van der Waals surface area contributed by atoms with Crippen LogP contribution >= 0.6 is 0 Å². The fourth-order valence-corrected chi connectivity index (χ4v) is 4.19. The van der Waals surface area contributed by atoms with Gasteiger partial charge in [0.1, 0.15) is 11.9 Å². The molecule has 0 saturated carbocycles. The molecule has 9 nitrogen and oxygen atoms in total. The summed E-state index contributed by atoms with van der Waals surface area (Å²) < 4.78 is 70.7. The molecule has 0 amide bonds. The van der Waals surface area contributed by atoms with E-state index in [1.54, 1.807) is 26.5 Å². The lowest BCUT2D eigenvalue weighted by Crippen LogP contribution is -2.41. The van der Waals surface area contributed by atoms with Gasteiger partial charge in [0, 0.05) is 39.8 Å². The van der Waals surface area contributed by atoms with Gasteiger partial charge < -0.3 is 14.6 Å². The first-order valence-corrected chi connectivity index (χ1v) is 9.94. The Morgan fingerprint density at radius 2 is 2.10 bits per heavy atom. The van der Waals surface area contributed by atoms with Crippen LogP contribution in [0.15, 0.2) is 24.5 Å². The third kappa shape index (κ3) is 6.01. The fraction of sp³-hybridized carbons (Fsp3) is 0.625. The van der Waals surface area contributed by atoms with E-state index in [1.165, 1.54) is 8.61 Å². The monoisotopic (exact) mass is 441 g/mol. The van der Waals surface area contributed by atoms with Gasteiger partial charge in [0.15, 0.2) is 0 Å². The van der Waals surface area contributed by atoms with E-state index in [2.05, 4.69) is 4.98 Å². The number of rotatable bonds is 4. The number of carboxylic acids is 1. The summed E-state index contributed by atoms with van der Waals surface area (Å²) in [4.78, 5) is 12.9. The number of nitrogens with zero attached hydrogens (tertiary/aromatic N) is 3. The van der Waals surface area contributed by atoms with E-state index in [0.29, 0.717) is 38.3 Å². The van der Waals surface area contributed by atoms with Crippen molar-refractivity contribution in [3.63, 3.8) is 0 Å². The number of carbonyl (C=O) groups is 1. The Labute approximate surface area is 166 Å². The second kappa shape index (κ2) is 8.81. The van der Waals surface area contributed by atoms with Gasteiger partial charge in [0.25, 0.3) is 10.2 Å². The van der Waals surface area contributed by atoms with Gasteiger partial charge in [-0.15, -0.1) is 0 Å². The lowest BCUT2D eigenvalue weighted by molar-refractivity contribution is -0.192. The highest BCUT2D eigenvalue weighted by Crippen LogP contribution is 2.37. The molecular formula is C16H22F3N3O6S. The molecule has 29 heavy (non-hydrogen) atoms. The smallest absolute Gasteiger partial charge is 0.486 e. The van der Waals surface area contributed by atoms with Gasteiger partial charge in [-0.1, -0.05) is 0 Å². The predicted octanol–water partition coefficient (Wildman–Crippen LogP) is 1.13. The third-order valence-electron chi connectivity index (χ3n) is 4.42. The van der Waals surface area contributed by atoms with Crippen molar-refractivity contribution in [1.29, 1.82) is 0 Å². The van der Waals surface area contributed by atoms with Crippen LogP contribution < -0.4 is 4.74 Å². The minimum absolute atomic E-state index is 0.0637. The lowest BCUT2D eigenvalue weighted by Gasteiger charge is -2.24. The van der Waals surface area contributed by atoms with Crippen LogP contribution in [-0.4, -0.2) is 84.8 Å². The molecule has 2 aliphatic heterocycles. The molecule has 0 aliphatic carbocycles. The zero-order valence-electron chi connectivity index (χ0n) is 15.8. The maximum atomic E-state index is 12.2. The molecule has 0 unspecified atom stereocenters. The average molecular weight is 441 g/mol. The SMILES string of the molecule is CN(C)S(=O)(=O)N1CC[C@]2(C[C@@H](Oc3cccnc3)CO2)C1.O=C(O)C(F)(F)F. The molecule has 13 heteroatoms. The average Bonchev–Trinajstić information content (AvgIpc) is 3.23. The van der Waals surface area contributed by atoms with Crippen LogP contribution in [-0.2, 0) is 19.7 Å². The van der Waals surface area contributed by atoms with Crippen LogP contribution in [0.25, 0.3) is 0 Å². The summed E-state index contributed by atoms with van der Waals surface area (Å²) in [6, 6.07) is 3.68. The largest absolute Gasteiger partial charge is 0.490 e.